The first-order chi connectivity index (χ1) is 19.5. The second-order valence-corrected chi connectivity index (χ2v) is 9.73. The molecule has 1 saturated heterocycles. The average molecular weight is 539 g/mol. The molecule has 11 heteroatoms. The van der Waals surface area contributed by atoms with Crippen LogP contribution in [0.2, 0.25) is 0 Å². The summed E-state index contributed by atoms with van der Waals surface area (Å²) in [4.78, 5) is 32.0. The number of aromatic nitrogens is 3. The molecule has 2 amide bonds. The predicted octanol–water partition coefficient (Wildman–Crippen LogP) is 3.01. The summed E-state index contributed by atoms with van der Waals surface area (Å²) in [6.45, 7) is 4.48. The molecule has 5 N–H and O–H groups in total. The van der Waals surface area contributed by atoms with Gasteiger partial charge in [-0.15, -0.1) is 0 Å². The Morgan fingerprint density at radius 3 is 2.58 bits per heavy atom. The summed E-state index contributed by atoms with van der Waals surface area (Å²) in [5.41, 5.74) is 11.1. The number of aryl methyl sites for hydroxylation is 2. The number of carbonyl (C=O) groups is 2. The number of fused-ring (bicyclic) bond motifs is 2. The Balaban J connectivity index is 1.25. The van der Waals surface area contributed by atoms with Crippen LogP contribution in [0.1, 0.15) is 26.3 Å². The van der Waals surface area contributed by atoms with E-state index >= 15 is 0 Å². The summed E-state index contributed by atoms with van der Waals surface area (Å²) in [5, 5.41) is 14.3. The van der Waals surface area contributed by atoms with Crippen molar-refractivity contribution in [3.8, 4) is 17.0 Å². The average Bonchev–Trinajstić information content (AvgIpc) is 3.25. The van der Waals surface area contributed by atoms with Gasteiger partial charge in [0.05, 0.1) is 7.11 Å². The number of nitrogens with one attached hydrogen (secondary N) is 3. The van der Waals surface area contributed by atoms with Crippen LogP contribution in [0.15, 0.2) is 60.8 Å². The van der Waals surface area contributed by atoms with Crippen molar-refractivity contribution in [2.45, 2.75) is 13.0 Å². The fraction of sp³-hybridized carbons (Fsp3) is 0.241. The van der Waals surface area contributed by atoms with Crippen molar-refractivity contribution in [1.29, 1.82) is 0 Å². The summed E-state index contributed by atoms with van der Waals surface area (Å²) in [5.74, 6) is 0.656. The minimum Gasteiger partial charge on any atom is -0.497 e. The van der Waals surface area contributed by atoms with Crippen LogP contribution in [-0.2, 0) is 13.0 Å². The van der Waals surface area contributed by atoms with Crippen molar-refractivity contribution < 1.29 is 14.3 Å². The number of benzene rings is 2. The molecule has 11 nitrogen and oxygen atoms in total. The Labute approximate surface area is 231 Å². The van der Waals surface area contributed by atoms with Crippen LogP contribution < -0.4 is 31.3 Å². The lowest BCUT2D eigenvalue weighted by molar-refractivity contribution is 0.0998. The van der Waals surface area contributed by atoms with Crippen LogP contribution in [0.5, 0.6) is 5.75 Å². The smallest absolute Gasteiger partial charge is 0.256 e. The van der Waals surface area contributed by atoms with Gasteiger partial charge in [0.2, 0.25) is 0 Å². The maximum absolute atomic E-state index is 12.8. The van der Waals surface area contributed by atoms with Gasteiger partial charge in [-0.25, -0.2) is 9.67 Å². The highest BCUT2D eigenvalue weighted by molar-refractivity contribution is 6.06. The van der Waals surface area contributed by atoms with Crippen molar-refractivity contribution in [1.82, 2.24) is 20.1 Å². The molecule has 0 radical (unpaired) electrons. The zero-order chi connectivity index (χ0) is 27.6. The number of nitrogens with two attached hydrogens (primary N) is 1. The van der Waals surface area contributed by atoms with Crippen LogP contribution in [-0.4, -0.2) is 59.9 Å². The maximum atomic E-state index is 12.8. The maximum Gasteiger partial charge on any atom is 0.256 e. The normalized spacial score (nSPS) is 14.4. The largest absolute Gasteiger partial charge is 0.497 e. The minimum absolute atomic E-state index is 0.316. The molecular formula is C29H30N8O3. The number of hydrogen-bond acceptors (Lipinski definition) is 8. The number of primary amides is 1. The first-order valence-electron chi connectivity index (χ1n) is 13.2. The fourth-order valence-corrected chi connectivity index (χ4v) is 5.14. The van der Waals surface area contributed by atoms with Crippen LogP contribution >= 0.6 is 0 Å². The molecule has 4 heterocycles. The van der Waals surface area contributed by atoms with Gasteiger partial charge in [-0.1, -0.05) is 12.1 Å². The lowest BCUT2D eigenvalue weighted by atomic mass is 10.0. The molecule has 4 aromatic rings. The number of amides is 2. The summed E-state index contributed by atoms with van der Waals surface area (Å²) in [6.07, 6.45) is 2.31. The second kappa shape index (κ2) is 10.7. The molecule has 0 spiro atoms. The summed E-state index contributed by atoms with van der Waals surface area (Å²) in [7, 11) is 1.55. The topological polar surface area (TPSA) is 139 Å². The molecule has 2 aromatic heterocycles. The van der Waals surface area contributed by atoms with Gasteiger partial charge < -0.3 is 31.3 Å². The molecule has 0 bridgehead atoms. The van der Waals surface area contributed by atoms with E-state index in [9.17, 15) is 9.59 Å². The molecule has 40 heavy (non-hydrogen) atoms. The van der Waals surface area contributed by atoms with Gasteiger partial charge >= 0.3 is 0 Å². The van der Waals surface area contributed by atoms with E-state index in [1.807, 2.05) is 0 Å². The van der Waals surface area contributed by atoms with Crippen molar-refractivity contribution in [2.24, 2.45) is 5.73 Å². The number of hydrogen-bond donors (Lipinski definition) is 4. The lowest BCUT2D eigenvalue weighted by Crippen LogP contribution is -2.43. The van der Waals surface area contributed by atoms with Crippen LogP contribution in [0.3, 0.4) is 0 Å². The molecule has 2 aliphatic rings. The third kappa shape index (κ3) is 4.94. The number of pyridine rings is 1. The Kier molecular flexibility index (Phi) is 6.79. The Morgan fingerprint density at radius 1 is 1.02 bits per heavy atom. The number of rotatable bonds is 6. The quantitative estimate of drug-likeness (QED) is 0.294. The van der Waals surface area contributed by atoms with E-state index in [1.165, 1.54) is 11.3 Å². The molecule has 0 atom stereocenters. The monoisotopic (exact) mass is 538 g/mol. The van der Waals surface area contributed by atoms with E-state index in [-0.39, 0.29) is 5.91 Å². The van der Waals surface area contributed by atoms with E-state index in [0.717, 1.165) is 38.3 Å². The van der Waals surface area contributed by atoms with E-state index in [1.54, 1.807) is 54.4 Å². The highest BCUT2D eigenvalue weighted by Gasteiger charge is 2.26. The van der Waals surface area contributed by atoms with Gasteiger partial charge in [-0.2, -0.15) is 5.10 Å². The van der Waals surface area contributed by atoms with E-state index in [2.05, 4.69) is 44.0 Å². The fourth-order valence-electron chi connectivity index (χ4n) is 5.14. The summed E-state index contributed by atoms with van der Waals surface area (Å²) in [6, 6.07) is 16.6. The zero-order valence-corrected chi connectivity index (χ0v) is 22.1. The summed E-state index contributed by atoms with van der Waals surface area (Å²) >= 11 is 0. The number of anilines is 4. The molecule has 204 valence electrons. The third-order valence-electron chi connectivity index (χ3n) is 7.25. The van der Waals surface area contributed by atoms with Crippen LogP contribution in [0.25, 0.3) is 11.3 Å². The standard InChI is InChI=1S/C29H30N8O3/c1-40-22-8-10-32-24(17-22)34-29(39)19-4-2-18(3-5-19)26-25(27(30)38)28-33-23-7-6-21(36-14-11-31-12-15-36)16-20(23)9-13-37(28)35-26/h2-8,10,16-17,31,33H,9,11-15H2,1H3,(H2,30,38)(H,32,34,39). The van der Waals surface area contributed by atoms with Crippen molar-refractivity contribution in [3.63, 3.8) is 0 Å². The number of ether oxygens (including phenoxy) is 1. The van der Waals surface area contributed by atoms with Gasteiger partial charge in [0.25, 0.3) is 11.8 Å². The van der Waals surface area contributed by atoms with Gasteiger partial charge in [0, 0.05) is 67.5 Å². The molecule has 0 aliphatic carbocycles. The van der Waals surface area contributed by atoms with Crippen molar-refractivity contribution in [2.75, 3.05) is 48.8 Å². The zero-order valence-electron chi connectivity index (χ0n) is 22.1. The number of piperazine rings is 1. The highest BCUT2D eigenvalue weighted by atomic mass is 16.5. The molecular weight excluding hydrogens is 508 g/mol. The van der Waals surface area contributed by atoms with E-state index < -0.39 is 5.91 Å². The molecule has 6 rings (SSSR count). The molecule has 2 aliphatic heterocycles. The minimum atomic E-state index is -0.574. The lowest BCUT2D eigenvalue weighted by Gasteiger charge is -2.30. The first-order valence-corrected chi connectivity index (χ1v) is 13.2. The van der Waals surface area contributed by atoms with Crippen molar-refractivity contribution in [3.05, 3.63) is 77.5 Å². The Hall–Kier alpha value is -4.90. The van der Waals surface area contributed by atoms with E-state index in [4.69, 9.17) is 15.6 Å². The van der Waals surface area contributed by atoms with Crippen LogP contribution in [0.4, 0.5) is 23.0 Å². The number of nitrogens with zero attached hydrogens (tertiary/aromatic N) is 4. The highest BCUT2D eigenvalue weighted by Crippen LogP contribution is 2.35. The van der Waals surface area contributed by atoms with Crippen molar-refractivity contribution >= 4 is 34.8 Å². The first kappa shape index (κ1) is 25.4. The third-order valence-corrected chi connectivity index (χ3v) is 7.25. The predicted molar refractivity (Wildman–Crippen MR) is 153 cm³/mol. The Bertz CT molecular complexity index is 1570. The molecule has 1 fully saturated rings. The van der Waals surface area contributed by atoms with Gasteiger partial charge in [0.1, 0.15) is 28.6 Å². The second-order valence-electron chi connectivity index (χ2n) is 9.73. The van der Waals surface area contributed by atoms with E-state index in [0.29, 0.717) is 46.3 Å². The molecule has 0 saturated carbocycles. The van der Waals surface area contributed by atoms with Gasteiger partial charge in [-0.05, 0) is 48.4 Å². The van der Waals surface area contributed by atoms with Gasteiger partial charge in [-0.3, -0.25) is 9.59 Å². The van der Waals surface area contributed by atoms with Crippen LogP contribution in [0, 0.1) is 0 Å². The molecule has 2 aromatic carbocycles. The Morgan fingerprint density at radius 2 is 1.82 bits per heavy atom. The number of carbonyl (C=O) groups excluding carboxylic acids is 2. The SMILES string of the molecule is COc1ccnc(NC(=O)c2ccc(-c3nn4c(c3C(N)=O)Nc3ccc(N5CCNCC5)cc3CC4)cc2)c1. The summed E-state index contributed by atoms with van der Waals surface area (Å²) < 4.78 is 6.98. The number of methoxy groups -OCH3 is 1. The van der Waals surface area contributed by atoms with Gasteiger partial charge in [0.15, 0.2) is 0 Å². The molecule has 0 unspecified atom stereocenters.